The van der Waals surface area contributed by atoms with Crippen LogP contribution in [-0.4, -0.2) is 21.2 Å². The number of nitrogens with zero attached hydrogens (tertiary/aromatic N) is 2. The lowest BCUT2D eigenvalue weighted by Crippen LogP contribution is -2.35. The first kappa shape index (κ1) is 23.4. The summed E-state index contributed by atoms with van der Waals surface area (Å²) in [4.78, 5) is 43.1. The van der Waals surface area contributed by atoms with E-state index in [0.29, 0.717) is 29.7 Å². The molecule has 6 nitrogen and oxygen atoms in total. The van der Waals surface area contributed by atoms with Crippen molar-refractivity contribution in [1.29, 1.82) is 0 Å². The number of Topliss-reactive ketones (excluding diaryl/α,β-unsaturated/α-hetero) is 1. The van der Waals surface area contributed by atoms with Crippen molar-refractivity contribution in [1.82, 2.24) is 14.9 Å². The van der Waals surface area contributed by atoms with Gasteiger partial charge < -0.3 is 5.32 Å². The SMILES string of the molecule is C=C1CCC(n2c(C)nc3cccc(CNC(=O)c4cccc(C(F)(F)F)c4)c3c2=O)C(=O)C1. The van der Waals surface area contributed by atoms with Crippen molar-refractivity contribution in [3.8, 4) is 0 Å². The molecule has 4 rings (SSSR count). The third-order valence-corrected chi connectivity index (χ3v) is 5.96. The maximum Gasteiger partial charge on any atom is 0.416 e. The number of rotatable bonds is 4. The fourth-order valence-electron chi connectivity index (χ4n) is 4.28. The van der Waals surface area contributed by atoms with Gasteiger partial charge in [-0.1, -0.05) is 30.4 Å². The van der Waals surface area contributed by atoms with Gasteiger partial charge >= 0.3 is 6.18 Å². The number of hydrogen-bond acceptors (Lipinski definition) is 4. The molecule has 1 unspecified atom stereocenters. The minimum absolute atomic E-state index is 0.0954. The lowest BCUT2D eigenvalue weighted by Gasteiger charge is -2.26. The van der Waals surface area contributed by atoms with Crippen LogP contribution in [0.4, 0.5) is 13.2 Å². The molecule has 0 saturated heterocycles. The summed E-state index contributed by atoms with van der Waals surface area (Å²) in [5.41, 5.74) is 0.243. The number of amides is 1. The Hall–Kier alpha value is -3.75. The number of alkyl halides is 3. The van der Waals surface area contributed by atoms with Crippen molar-refractivity contribution >= 4 is 22.6 Å². The lowest BCUT2D eigenvalue weighted by molar-refractivity contribution is -0.137. The second-order valence-electron chi connectivity index (χ2n) is 8.35. The number of allylic oxidation sites excluding steroid dienone is 1. The van der Waals surface area contributed by atoms with Crippen molar-refractivity contribution in [3.05, 3.63) is 87.5 Å². The normalized spacial score (nSPS) is 16.6. The molecule has 1 aromatic heterocycles. The molecule has 1 amide bonds. The first-order valence-electron chi connectivity index (χ1n) is 10.7. The van der Waals surface area contributed by atoms with Crippen molar-refractivity contribution in [2.24, 2.45) is 0 Å². The third kappa shape index (κ3) is 4.50. The van der Waals surface area contributed by atoms with Crippen LogP contribution in [-0.2, 0) is 17.5 Å². The molecule has 1 aliphatic rings. The number of nitrogens with one attached hydrogen (secondary N) is 1. The van der Waals surface area contributed by atoms with Crippen LogP contribution in [0.5, 0.6) is 0 Å². The number of carbonyl (C=O) groups excluding carboxylic acids is 2. The van der Waals surface area contributed by atoms with Crippen LogP contribution < -0.4 is 10.9 Å². The molecule has 0 spiro atoms. The van der Waals surface area contributed by atoms with Crippen molar-refractivity contribution in [2.75, 3.05) is 0 Å². The van der Waals surface area contributed by atoms with Gasteiger partial charge in [-0.25, -0.2) is 4.98 Å². The summed E-state index contributed by atoms with van der Waals surface area (Å²) in [5.74, 6) is -0.393. The molecule has 176 valence electrons. The molecular formula is C25H22F3N3O3. The predicted octanol–water partition coefficient (Wildman–Crippen LogP) is 4.50. The minimum Gasteiger partial charge on any atom is -0.348 e. The maximum atomic E-state index is 13.5. The molecule has 0 radical (unpaired) electrons. The Morgan fingerprint density at radius 3 is 2.65 bits per heavy atom. The van der Waals surface area contributed by atoms with E-state index in [1.807, 2.05) is 0 Å². The zero-order valence-corrected chi connectivity index (χ0v) is 18.4. The van der Waals surface area contributed by atoms with Crippen LogP contribution >= 0.6 is 0 Å². The van der Waals surface area contributed by atoms with Crippen LogP contribution in [0, 0.1) is 6.92 Å². The lowest BCUT2D eigenvalue weighted by atomic mass is 9.90. The summed E-state index contributed by atoms with van der Waals surface area (Å²) < 4.78 is 40.3. The Morgan fingerprint density at radius 1 is 1.21 bits per heavy atom. The van der Waals surface area contributed by atoms with E-state index in [-0.39, 0.29) is 29.7 Å². The highest BCUT2D eigenvalue weighted by Crippen LogP contribution is 2.30. The van der Waals surface area contributed by atoms with Gasteiger partial charge in [-0.2, -0.15) is 13.2 Å². The molecule has 9 heteroatoms. The molecule has 1 aliphatic carbocycles. The number of fused-ring (bicyclic) bond motifs is 1. The number of carbonyl (C=O) groups is 2. The third-order valence-electron chi connectivity index (χ3n) is 5.96. The van der Waals surface area contributed by atoms with Crippen LogP contribution in [0.25, 0.3) is 10.9 Å². The van der Waals surface area contributed by atoms with Crippen molar-refractivity contribution in [3.63, 3.8) is 0 Å². The van der Waals surface area contributed by atoms with Gasteiger partial charge in [0.1, 0.15) is 5.82 Å². The van der Waals surface area contributed by atoms with E-state index < -0.39 is 29.2 Å². The molecule has 1 atom stereocenters. The minimum atomic E-state index is -4.57. The van der Waals surface area contributed by atoms with Gasteiger partial charge in [-0.05, 0) is 49.6 Å². The maximum absolute atomic E-state index is 13.5. The van der Waals surface area contributed by atoms with E-state index in [0.717, 1.165) is 23.8 Å². The molecule has 2 aromatic carbocycles. The van der Waals surface area contributed by atoms with Crippen LogP contribution in [0.3, 0.4) is 0 Å². The zero-order valence-electron chi connectivity index (χ0n) is 18.4. The Kier molecular flexibility index (Phi) is 6.12. The van der Waals surface area contributed by atoms with Crippen LogP contribution in [0.1, 0.15) is 52.6 Å². The van der Waals surface area contributed by atoms with Gasteiger partial charge in [0.2, 0.25) is 0 Å². The van der Waals surface area contributed by atoms with Crippen LogP contribution in [0.15, 0.2) is 59.4 Å². The number of hydrogen-bond donors (Lipinski definition) is 1. The summed E-state index contributed by atoms with van der Waals surface area (Å²) in [7, 11) is 0. The van der Waals surface area contributed by atoms with Gasteiger partial charge in [0.15, 0.2) is 5.78 Å². The Balaban J connectivity index is 1.66. The van der Waals surface area contributed by atoms with Crippen LogP contribution in [0.2, 0.25) is 0 Å². The number of benzene rings is 2. The largest absolute Gasteiger partial charge is 0.416 e. The quantitative estimate of drug-likeness (QED) is 0.571. The Morgan fingerprint density at radius 2 is 1.94 bits per heavy atom. The first-order valence-corrected chi connectivity index (χ1v) is 10.7. The fraction of sp³-hybridized carbons (Fsp3) is 0.280. The van der Waals surface area contributed by atoms with E-state index >= 15 is 0 Å². The van der Waals surface area contributed by atoms with Gasteiger partial charge in [0.25, 0.3) is 11.5 Å². The average Bonchev–Trinajstić information content (AvgIpc) is 2.78. The van der Waals surface area contributed by atoms with E-state index in [9.17, 15) is 27.6 Å². The van der Waals surface area contributed by atoms with E-state index in [4.69, 9.17) is 0 Å². The fourth-order valence-corrected chi connectivity index (χ4v) is 4.28. The number of halogens is 3. The monoisotopic (exact) mass is 469 g/mol. The standard InChI is InChI=1S/C25H22F3N3O3/c1-14-9-10-20(21(32)11-14)31-15(2)30-19-8-4-6-17(22(19)24(31)34)13-29-23(33)16-5-3-7-18(12-16)25(26,27)28/h3-8,12,20H,1,9-11,13H2,2H3,(H,29,33). The molecule has 0 aliphatic heterocycles. The number of ketones is 1. The Labute approximate surface area is 193 Å². The van der Waals surface area contributed by atoms with Gasteiger partial charge in [0.05, 0.1) is 22.5 Å². The molecule has 0 bridgehead atoms. The molecular weight excluding hydrogens is 447 g/mol. The average molecular weight is 469 g/mol. The second-order valence-corrected chi connectivity index (χ2v) is 8.35. The topological polar surface area (TPSA) is 81.1 Å². The Bertz CT molecular complexity index is 1380. The number of aromatic nitrogens is 2. The van der Waals surface area contributed by atoms with Crippen molar-refractivity contribution < 1.29 is 22.8 Å². The van der Waals surface area contributed by atoms with Gasteiger partial charge in [-0.15, -0.1) is 0 Å². The highest BCUT2D eigenvalue weighted by Gasteiger charge is 2.31. The number of aryl methyl sites for hydroxylation is 1. The van der Waals surface area contributed by atoms with E-state index in [2.05, 4.69) is 16.9 Å². The smallest absolute Gasteiger partial charge is 0.348 e. The van der Waals surface area contributed by atoms with Crippen molar-refractivity contribution in [2.45, 2.75) is 44.9 Å². The molecule has 1 N–H and O–H groups in total. The molecule has 3 aromatic rings. The summed E-state index contributed by atoms with van der Waals surface area (Å²) in [5, 5.41) is 2.84. The molecule has 34 heavy (non-hydrogen) atoms. The summed E-state index contributed by atoms with van der Waals surface area (Å²) in [6.07, 6.45) is -3.26. The van der Waals surface area contributed by atoms with E-state index in [1.54, 1.807) is 25.1 Å². The first-order chi connectivity index (χ1) is 16.1. The van der Waals surface area contributed by atoms with E-state index in [1.165, 1.54) is 10.6 Å². The second kappa shape index (κ2) is 8.89. The molecule has 1 heterocycles. The highest BCUT2D eigenvalue weighted by atomic mass is 19.4. The van der Waals surface area contributed by atoms with Gasteiger partial charge in [0, 0.05) is 18.5 Å². The highest BCUT2D eigenvalue weighted by molar-refractivity contribution is 5.94. The predicted molar refractivity (Wildman–Crippen MR) is 120 cm³/mol. The summed E-state index contributed by atoms with van der Waals surface area (Å²) >= 11 is 0. The molecule has 1 saturated carbocycles. The molecule has 1 fully saturated rings. The van der Waals surface area contributed by atoms with Gasteiger partial charge in [-0.3, -0.25) is 19.0 Å². The summed E-state index contributed by atoms with van der Waals surface area (Å²) in [6.45, 7) is 5.43. The zero-order chi connectivity index (χ0) is 24.6. The summed E-state index contributed by atoms with van der Waals surface area (Å²) in [6, 6.07) is 8.46.